The maximum atomic E-state index is 10.5. The van der Waals surface area contributed by atoms with Crippen LogP contribution in [0.15, 0.2) is 70.0 Å². The molecule has 0 aromatic heterocycles. The van der Waals surface area contributed by atoms with Crippen LogP contribution in [0.2, 0.25) is 0 Å². The first kappa shape index (κ1) is 16.5. The van der Waals surface area contributed by atoms with Crippen LogP contribution in [0.5, 0.6) is 0 Å². The van der Waals surface area contributed by atoms with Crippen molar-refractivity contribution in [2.24, 2.45) is 4.40 Å². The Morgan fingerprint density at radius 2 is 1.67 bits per heavy atom. The molecule has 0 amide bonds. The number of unbranched alkanes of at least 4 members (excludes halogenated alkanes) is 1. The summed E-state index contributed by atoms with van der Waals surface area (Å²) in [5.74, 6) is 0. The Bertz CT molecular complexity index is 897. The standard InChI is InChI=1S/C21H19NOS/c1-2-3-8-16-9-6-12-18-17(16)11-7-13-19(18)20-10-4-5-14-21(20)24-22-15-23/h4-7,9-14H,2-3,8H2,1H3. The molecule has 0 N–H and O–H groups in total. The van der Waals surface area contributed by atoms with Crippen molar-refractivity contribution in [2.45, 2.75) is 31.1 Å². The summed E-state index contributed by atoms with van der Waals surface area (Å²) >= 11 is 1.17. The number of isocyanates is 1. The minimum absolute atomic E-state index is 0.965. The quantitative estimate of drug-likeness (QED) is 0.306. The predicted molar refractivity (Wildman–Crippen MR) is 102 cm³/mol. The van der Waals surface area contributed by atoms with E-state index in [2.05, 4.69) is 53.8 Å². The van der Waals surface area contributed by atoms with Crippen molar-refractivity contribution < 1.29 is 4.79 Å². The highest BCUT2D eigenvalue weighted by Gasteiger charge is 2.10. The van der Waals surface area contributed by atoms with Crippen molar-refractivity contribution in [2.75, 3.05) is 0 Å². The van der Waals surface area contributed by atoms with Crippen LogP contribution in [0.1, 0.15) is 25.3 Å². The van der Waals surface area contributed by atoms with Gasteiger partial charge in [0, 0.05) is 16.8 Å². The van der Waals surface area contributed by atoms with Gasteiger partial charge in [-0.2, -0.15) is 0 Å². The Labute approximate surface area is 146 Å². The van der Waals surface area contributed by atoms with Gasteiger partial charge >= 0.3 is 0 Å². The highest BCUT2D eigenvalue weighted by Crippen LogP contribution is 2.36. The second-order valence-corrected chi connectivity index (χ2v) is 6.50. The normalized spacial score (nSPS) is 10.5. The van der Waals surface area contributed by atoms with Gasteiger partial charge in [0.1, 0.15) is 0 Å². The summed E-state index contributed by atoms with van der Waals surface area (Å²) in [5.41, 5.74) is 3.67. The van der Waals surface area contributed by atoms with E-state index >= 15 is 0 Å². The molecule has 0 aliphatic carbocycles. The Morgan fingerprint density at radius 1 is 0.917 bits per heavy atom. The summed E-state index contributed by atoms with van der Waals surface area (Å²) in [5, 5.41) is 2.55. The molecule has 0 aliphatic rings. The molecule has 0 bridgehead atoms. The van der Waals surface area contributed by atoms with Crippen molar-refractivity contribution in [3.8, 4) is 11.1 Å². The van der Waals surface area contributed by atoms with E-state index in [1.807, 2.05) is 18.2 Å². The predicted octanol–water partition coefficient (Wildman–Crippen LogP) is 6.19. The van der Waals surface area contributed by atoms with Gasteiger partial charge in [0.05, 0.1) is 0 Å². The van der Waals surface area contributed by atoms with Gasteiger partial charge in [-0.1, -0.05) is 67.9 Å². The Kier molecular flexibility index (Phi) is 5.47. The third-order valence-corrected chi connectivity index (χ3v) is 4.89. The largest absolute Gasteiger partial charge is 0.247 e. The van der Waals surface area contributed by atoms with Crippen LogP contribution in [0.3, 0.4) is 0 Å². The van der Waals surface area contributed by atoms with Crippen LogP contribution in [0.4, 0.5) is 0 Å². The molecular weight excluding hydrogens is 314 g/mol. The summed E-state index contributed by atoms with van der Waals surface area (Å²) < 4.78 is 3.68. The molecule has 0 saturated carbocycles. The van der Waals surface area contributed by atoms with Gasteiger partial charge in [-0.05, 0) is 46.4 Å². The molecule has 0 heterocycles. The second kappa shape index (κ2) is 7.96. The minimum atomic E-state index is 0.965. The van der Waals surface area contributed by atoms with E-state index in [0.29, 0.717) is 0 Å². The number of hydrogen-bond acceptors (Lipinski definition) is 3. The Balaban J connectivity index is 2.16. The zero-order chi connectivity index (χ0) is 16.8. The second-order valence-electron chi connectivity index (χ2n) is 5.69. The Morgan fingerprint density at radius 3 is 2.50 bits per heavy atom. The molecule has 3 heteroatoms. The van der Waals surface area contributed by atoms with Gasteiger partial charge in [-0.25, -0.2) is 4.79 Å². The van der Waals surface area contributed by atoms with Gasteiger partial charge in [0.2, 0.25) is 6.08 Å². The topological polar surface area (TPSA) is 29.4 Å². The SMILES string of the molecule is CCCCc1cccc2c(-c3ccccc3SN=C=O)cccc12. The maximum absolute atomic E-state index is 10.5. The summed E-state index contributed by atoms with van der Waals surface area (Å²) in [7, 11) is 0. The average Bonchev–Trinajstić information content (AvgIpc) is 2.64. The first-order chi connectivity index (χ1) is 11.8. The molecule has 2 nitrogen and oxygen atoms in total. The average molecular weight is 333 g/mol. The van der Waals surface area contributed by atoms with Gasteiger partial charge in [-0.15, -0.1) is 4.40 Å². The van der Waals surface area contributed by atoms with Crippen LogP contribution in [-0.2, 0) is 11.2 Å². The zero-order valence-electron chi connectivity index (χ0n) is 13.7. The van der Waals surface area contributed by atoms with E-state index in [4.69, 9.17) is 0 Å². The van der Waals surface area contributed by atoms with Crippen LogP contribution in [0, 0.1) is 0 Å². The van der Waals surface area contributed by atoms with Gasteiger partial charge in [0.15, 0.2) is 0 Å². The third-order valence-electron chi connectivity index (χ3n) is 4.17. The molecule has 0 radical (unpaired) electrons. The number of benzene rings is 3. The molecule has 0 saturated heterocycles. The lowest BCUT2D eigenvalue weighted by molar-refractivity contribution is 0.566. The van der Waals surface area contributed by atoms with Gasteiger partial charge < -0.3 is 0 Å². The molecule has 0 atom stereocenters. The number of fused-ring (bicyclic) bond motifs is 1. The lowest BCUT2D eigenvalue weighted by Crippen LogP contribution is -1.90. The van der Waals surface area contributed by atoms with Crippen LogP contribution >= 0.6 is 11.9 Å². The molecule has 3 rings (SSSR count). The van der Waals surface area contributed by atoms with Crippen molar-refractivity contribution in [1.29, 1.82) is 0 Å². The lowest BCUT2D eigenvalue weighted by Gasteiger charge is -2.12. The summed E-state index contributed by atoms with van der Waals surface area (Å²) in [6, 6.07) is 21.0. The molecule has 120 valence electrons. The van der Waals surface area contributed by atoms with Crippen molar-refractivity contribution >= 4 is 28.8 Å². The first-order valence-corrected chi connectivity index (χ1v) is 8.96. The Hall–Kier alpha value is -2.35. The van der Waals surface area contributed by atoms with Crippen molar-refractivity contribution in [3.63, 3.8) is 0 Å². The fraction of sp³-hybridized carbons (Fsp3) is 0.190. The fourth-order valence-corrected chi connectivity index (χ4v) is 3.58. The third kappa shape index (κ3) is 3.43. The molecular formula is C21H19NOS. The van der Waals surface area contributed by atoms with E-state index in [1.54, 1.807) is 6.08 Å². The highest BCUT2D eigenvalue weighted by molar-refractivity contribution is 7.98. The van der Waals surface area contributed by atoms with E-state index in [-0.39, 0.29) is 0 Å². The molecule has 3 aromatic rings. The molecule has 0 aliphatic heterocycles. The van der Waals surface area contributed by atoms with Crippen LogP contribution < -0.4 is 0 Å². The van der Waals surface area contributed by atoms with Gasteiger partial charge in [0.25, 0.3) is 0 Å². The maximum Gasteiger partial charge on any atom is 0.247 e. The molecule has 0 unspecified atom stereocenters. The first-order valence-electron chi connectivity index (χ1n) is 8.19. The summed E-state index contributed by atoms with van der Waals surface area (Å²) in [6.07, 6.45) is 5.09. The minimum Gasteiger partial charge on any atom is -0.210 e. The van der Waals surface area contributed by atoms with E-state index in [0.717, 1.165) is 16.9 Å². The number of aryl methyl sites for hydroxylation is 1. The van der Waals surface area contributed by atoms with Crippen molar-refractivity contribution in [1.82, 2.24) is 0 Å². The van der Waals surface area contributed by atoms with Crippen LogP contribution in [-0.4, -0.2) is 6.08 Å². The lowest BCUT2D eigenvalue weighted by atomic mass is 9.94. The number of carbonyl (C=O) groups excluding carboxylic acids is 1. The zero-order valence-corrected chi connectivity index (χ0v) is 14.5. The number of nitrogens with zero attached hydrogens (tertiary/aromatic N) is 1. The monoisotopic (exact) mass is 333 g/mol. The van der Waals surface area contributed by atoms with Gasteiger partial charge in [-0.3, -0.25) is 0 Å². The van der Waals surface area contributed by atoms with Crippen molar-refractivity contribution in [3.05, 3.63) is 66.2 Å². The summed E-state index contributed by atoms with van der Waals surface area (Å²) in [6.45, 7) is 2.22. The highest BCUT2D eigenvalue weighted by atomic mass is 32.2. The summed E-state index contributed by atoms with van der Waals surface area (Å²) in [4.78, 5) is 11.4. The van der Waals surface area contributed by atoms with E-state index in [9.17, 15) is 4.79 Å². The van der Waals surface area contributed by atoms with E-state index < -0.39 is 0 Å². The fourth-order valence-electron chi connectivity index (χ4n) is 3.03. The van der Waals surface area contributed by atoms with Crippen LogP contribution in [0.25, 0.3) is 21.9 Å². The number of hydrogen-bond donors (Lipinski definition) is 0. The molecule has 24 heavy (non-hydrogen) atoms. The van der Waals surface area contributed by atoms with E-state index in [1.165, 1.54) is 46.7 Å². The molecule has 3 aromatic carbocycles. The molecule has 0 spiro atoms. The molecule has 0 fully saturated rings. The number of rotatable bonds is 6. The smallest absolute Gasteiger partial charge is 0.210 e.